The predicted molar refractivity (Wildman–Crippen MR) is 54.8 cm³/mol. The van der Waals surface area contributed by atoms with E-state index >= 15 is 0 Å². The Morgan fingerprint density at radius 1 is 1.71 bits per heavy atom. The van der Waals surface area contributed by atoms with E-state index in [0.717, 1.165) is 11.3 Å². The van der Waals surface area contributed by atoms with Crippen molar-refractivity contribution in [3.05, 3.63) is 17.5 Å². The van der Waals surface area contributed by atoms with E-state index in [9.17, 15) is 5.11 Å². The minimum absolute atomic E-state index is 0.135. The second-order valence-electron chi connectivity index (χ2n) is 3.41. The average molecular weight is 198 g/mol. The second-order valence-corrected chi connectivity index (χ2v) is 3.41. The molecular weight excluding hydrogens is 180 g/mol. The van der Waals surface area contributed by atoms with Gasteiger partial charge in [0.25, 0.3) is 0 Å². The normalized spacial score (nSPS) is 15.5. The zero-order valence-corrected chi connectivity index (χ0v) is 8.86. The molecule has 2 unspecified atom stereocenters. The van der Waals surface area contributed by atoms with Crippen molar-refractivity contribution in [1.82, 2.24) is 15.1 Å². The van der Waals surface area contributed by atoms with Crippen LogP contribution in [-0.2, 0) is 7.05 Å². The quantitative estimate of drug-likeness (QED) is 0.598. The monoisotopic (exact) mass is 198 g/mol. The number of rotatable bonds is 4. The Morgan fingerprint density at radius 2 is 2.36 bits per heavy atom. The number of hydrogen-bond donors (Lipinski definition) is 3. The van der Waals surface area contributed by atoms with Gasteiger partial charge in [0.05, 0.1) is 17.9 Å². The molecule has 4 N–H and O–H groups in total. The Balaban J connectivity index is 2.92. The molecule has 0 aromatic carbocycles. The van der Waals surface area contributed by atoms with Crippen LogP contribution >= 0.6 is 0 Å². The van der Waals surface area contributed by atoms with Crippen LogP contribution in [0.4, 0.5) is 0 Å². The fourth-order valence-corrected chi connectivity index (χ4v) is 1.58. The molecule has 0 radical (unpaired) electrons. The van der Waals surface area contributed by atoms with Gasteiger partial charge in [0.2, 0.25) is 0 Å². The summed E-state index contributed by atoms with van der Waals surface area (Å²) in [5.41, 5.74) is 7.33. The van der Waals surface area contributed by atoms with Crippen LogP contribution in [0.2, 0.25) is 0 Å². The Bertz CT molecular complexity index is 274. The SMILES string of the molecule is CNC(CN)C(O)c1c(C)cnn1C. The summed E-state index contributed by atoms with van der Waals surface area (Å²) in [5.74, 6) is 0. The van der Waals surface area contributed by atoms with Crippen LogP contribution in [-0.4, -0.2) is 34.5 Å². The number of nitrogens with zero attached hydrogens (tertiary/aromatic N) is 2. The lowest BCUT2D eigenvalue weighted by Gasteiger charge is -2.21. The van der Waals surface area contributed by atoms with Gasteiger partial charge in [0, 0.05) is 13.6 Å². The highest BCUT2D eigenvalue weighted by Crippen LogP contribution is 2.19. The molecule has 5 nitrogen and oxygen atoms in total. The smallest absolute Gasteiger partial charge is 0.112 e. The Morgan fingerprint density at radius 3 is 2.71 bits per heavy atom. The number of aliphatic hydroxyl groups is 1. The molecule has 1 heterocycles. The summed E-state index contributed by atoms with van der Waals surface area (Å²) < 4.78 is 1.68. The van der Waals surface area contributed by atoms with Crippen molar-refractivity contribution < 1.29 is 5.11 Å². The van der Waals surface area contributed by atoms with E-state index < -0.39 is 6.10 Å². The van der Waals surface area contributed by atoms with E-state index in [-0.39, 0.29) is 6.04 Å². The van der Waals surface area contributed by atoms with Crippen LogP contribution in [0.25, 0.3) is 0 Å². The maximum atomic E-state index is 10.0. The van der Waals surface area contributed by atoms with E-state index in [1.54, 1.807) is 17.9 Å². The minimum Gasteiger partial charge on any atom is -0.385 e. The lowest BCUT2D eigenvalue weighted by molar-refractivity contribution is 0.126. The van der Waals surface area contributed by atoms with Crippen LogP contribution in [0.3, 0.4) is 0 Å². The topological polar surface area (TPSA) is 76.1 Å². The van der Waals surface area contributed by atoms with Gasteiger partial charge in [-0.25, -0.2) is 0 Å². The van der Waals surface area contributed by atoms with E-state index in [4.69, 9.17) is 5.73 Å². The summed E-state index contributed by atoms with van der Waals surface area (Å²) in [7, 11) is 3.60. The standard InChI is InChI=1S/C9H18N4O/c1-6-5-12-13(3)8(6)9(14)7(4-10)11-2/h5,7,9,11,14H,4,10H2,1-3H3. The van der Waals surface area contributed by atoms with Crippen molar-refractivity contribution in [1.29, 1.82) is 0 Å². The summed E-state index contributed by atoms with van der Waals surface area (Å²) in [5, 5.41) is 17.1. The van der Waals surface area contributed by atoms with Crippen molar-refractivity contribution in [3.8, 4) is 0 Å². The van der Waals surface area contributed by atoms with Gasteiger partial charge in [-0.15, -0.1) is 0 Å². The molecule has 80 valence electrons. The molecule has 0 bridgehead atoms. The first kappa shape index (κ1) is 11.2. The molecule has 1 aromatic rings. The molecule has 0 saturated carbocycles. The van der Waals surface area contributed by atoms with Gasteiger partial charge in [0.1, 0.15) is 6.10 Å². The number of hydrogen-bond acceptors (Lipinski definition) is 4. The van der Waals surface area contributed by atoms with Gasteiger partial charge in [-0.05, 0) is 19.5 Å². The predicted octanol–water partition coefficient (Wildman–Crippen LogP) is -0.691. The molecule has 0 aliphatic rings. The van der Waals surface area contributed by atoms with Crippen molar-refractivity contribution in [2.24, 2.45) is 12.8 Å². The van der Waals surface area contributed by atoms with E-state index in [1.165, 1.54) is 0 Å². The van der Waals surface area contributed by atoms with Crippen LogP contribution in [0.5, 0.6) is 0 Å². The third kappa shape index (κ3) is 1.95. The minimum atomic E-state index is -0.613. The summed E-state index contributed by atoms with van der Waals surface area (Å²) in [4.78, 5) is 0. The number of aliphatic hydroxyl groups excluding tert-OH is 1. The number of likely N-dealkylation sites (N-methyl/N-ethyl adjacent to an activating group) is 1. The van der Waals surface area contributed by atoms with Gasteiger partial charge < -0.3 is 16.2 Å². The number of nitrogens with one attached hydrogen (secondary N) is 1. The van der Waals surface area contributed by atoms with Gasteiger partial charge in [-0.3, -0.25) is 4.68 Å². The molecule has 1 aromatic heterocycles. The third-order valence-corrected chi connectivity index (χ3v) is 2.46. The highest BCUT2D eigenvalue weighted by Gasteiger charge is 2.22. The Labute approximate surface area is 83.9 Å². The molecule has 14 heavy (non-hydrogen) atoms. The Kier molecular flexibility index (Phi) is 3.62. The molecule has 5 heteroatoms. The molecule has 1 rings (SSSR count). The maximum Gasteiger partial charge on any atom is 0.112 e. The van der Waals surface area contributed by atoms with Crippen LogP contribution in [0.1, 0.15) is 17.4 Å². The fourth-order valence-electron chi connectivity index (χ4n) is 1.58. The highest BCUT2D eigenvalue weighted by molar-refractivity contribution is 5.19. The molecule has 0 spiro atoms. The zero-order valence-electron chi connectivity index (χ0n) is 8.86. The van der Waals surface area contributed by atoms with Crippen molar-refractivity contribution >= 4 is 0 Å². The van der Waals surface area contributed by atoms with Crippen LogP contribution in [0, 0.1) is 6.92 Å². The van der Waals surface area contributed by atoms with Crippen molar-refractivity contribution in [2.75, 3.05) is 13.6 Å². The first-order valence-corrected chi connectivity index (χ1v) is 4.65. The van der Waals surface area contributed by atoms with Gasteiger partial charge in [0.15, 0.2) is 0 Å². The largest absolute Gasteiger partial charge is 0.385 e. The average Bonchev–Trinajstić information content (AvgIpc) is 2.48. The van der Waals surface area contributed by atoms with E-state index in [1.807, 2.05) is 14.0 Å². The molecular formula is C9H18N4O. The maximum absolute atomic E-state index is 10.0. The lowest BCUT2D eigenvalue weighted by atomic mass is 10.1. The third-order valence-electron chi connectivity index (χ3n) is 2.46. The lowest BCUT2D eigenvalue weighted by Crippen LogP contribution is -2.39. The molecule has 0 amide bonds. The summed E-state index contributed by atoms with van der Waals surface area (Å²) in [6.07, 6.45) is 1.12. The van der Waals surface area contributed by atoms with E-state index in [0.29, 0.717) is 6.54 Å². The first-order valence-electron chi connectivity index (χ1n) is 4.65. The van der Waals surface area contributed by atoms with Crippen LogP contribution < -0.4 is 11.1 Å². The van der Waals surface area contributed by atoms with Gasteiger partial charge in [-0.2, -0.15) is 5.10 Å². The number of nitrogens with two attached hydrogens (primary N) is 1. The highest BCUT2D eigenvalue weighted by atomic mass is 16.3. The molecule has 2 atom stereocenters. The van der Waals surface area contributed by atoms with Gasteiger partial charge in [-0.1, -0.05) is 0 Å². The molecule has 0 aliphatic carbocycles. The fraction of sp³-hybridized carbons (Fsp3) is 0.667. The molecule has 0 saturated heterocycles. The molecule has 0 fully saturated rings. The van der Waals surface area contributed by atoms with Crippen molar-refractivity contribution in [3.63, 3.8) is 0 Å². The summed E-state index contributed by atoms with van der Waals surface area (Å²) >= 11 is 0. The molecule has 0 aliphatic heterocycles. The summed E-state index contributed by atoms with van der Waals surface area (Å²) in [6, 6.07) is -0.135. The van der Waals surface area contributed by atoms with Gasteiger partial charge >= 0.3 is 0 Å². The summed E-state index contributed by atoms with van der Waals surface area (Å²) in [6.45, 7) is 2.32. The Hall–Kier alpha value is -0.910. The van der Waals surface area contributed by atoms with Crippen LogP contribution in [0.15, 0.2) is 6.20 Å². The number of aromatic nitrogens is 2. The number of aryl methyl sites for hydroxylation is 2. The zero-order chi connectivity index (χ0) is 10.7. The van der Waals surface area contributed by atoms with E-state index in [2.05, 4.69) is 10.4 Å². The van der Waals surface area contributed by atoms with Crippen molar-refractivity contribution in [2.45, 2.75) is 19.1 Å². The first-order chi connectivity index (χ1) is 6.61. The second kappa shape index (κ2) is 4.54.